The normalized spacial score (nSPS) is 12.2. The van der Waals surface area contributed by atoms with E-state index in [1.54, 1.807) is 11.3 Å². The van der Waals surface area contributed by atoms with Gasteiger partial charge in [-0.2, -0.15) is 4.98 Å². The van der Waals surface area contributed by atoms with Gasteiger partial charge in [0.2, 0.25) is 5.95 Å². The van der Waals surface area contributed by atoms with Crippen LogP contribution in [0.5, 0.6) is 0 Å². The van der Waals surface area contributed by atoms with E-state index >= 15 is 0 Å². The van der Waals surface area contributed by atoms with Crippen LogP contribution in [0.2, 0.25) is 0 Å². The van der Waals surface area contributed by atoms with Crippen LogP contribution in [-0.2, 0) is 0 Å². The molecule has 0 saturated heterocycles. The van der Waals surface area contributed by atoms with E-state index < -0.39 is 0 Å². The number of hydrogen-bond acceptors (Lipinski definition) is 6. The van der Waals surface area contributed by atoms with Crippen molar-refractivity contribution in [2.75, 3.05) is 23.7 Å². The third-order valence-corrected chi connectivity index (χ3v) is 3.86. The smallest absolute Gasteiger partial charge is 0.224 e. The van der Waals surface area contributed by atoms with Crippen molar-refractivity contribution < 1.29 is 0 Å². The number of aryl methyl sites for hydroxylation is 1. The van der Waals surface area contributed by atoms with Crippen LogP contribution in [0, 0.1) is 6.92 Å². The van der Waals surface area contributed by atoms with Crippen LogP contribution in [-0.4, -0.2) is 28.0 Å². The van der Waals surface area contributed by atoms with Gasteiger partial charge in [-0.3, -0.25) is 0 Å². The average Bonchev–Trinajstić information content (AvgIpc) is 2.96. The van der Waals surface area contributed by atoms with E-state index in [1.807, 2.05) is 24.6 Å². The minimum atomic E-state index is 0.373. The molecule has 0 fully saturated rings. The van der Waals surface area contributed by atoms with Crippen molar-refractivity contribution in [3.63, 3.8) is 0 Å². The van der Waals surface area contributed by atoms with E-state index in [1.165, 1.54) is 0 Å². The average molecular weight is 291 g/mol. The molecular weight excluding hydrogens is 270 g/mol. The first-order chi connectivity index (χ1) is 9.69. The molecule has 5 nitrogen and oxygen atoms in total. The van der Waals surface area contributed by atoms with Gasteiger partial charge in [-0.15, -0.1) is 11.3 Å². The Hall–Kier alpha value is -1.69. The Labute approximate surface area is 123 Å². The maximum atomic E-state index is 4.47. The summed E-state index contributed by atoms with van der Waals surface area (Å²) in [5.41, 5.74) is 0.961. The minimum Gasteiger partial charge on any atom is -0.369 e. The summed E-state index contributed by atoms with van der Waals surface area (Å²) >= 11 is 1.69. The molecule has 2 N–H and O–H groups in total. The summed E-state index contributed by atoms with van der Waals surface area (Å²) < 4.78 is 0. The number of nitrogens with zero attached hydrogens (tertiary/aromatic N) is 3. The Morgan fingerprint density at radius 3 is 2.85 bits per heavy atom. The summed E-state index contributed by atoms with van der Waals surface area (Å²) in [6.07, 6.45) is 2.90. The Morgan fingerprint density at radius 1 is 1.30 bits per heavy atom. The molecule has 0 radical (unpaired) electrons. The van der Waals surface area contributed by atoms with Gasteiger partial charge in [-0.1, -0.05) is 13.8 Å². The molecular formula is C14H21N5S. The Balaban J connectivity index is 1.96. The molecule has 0 aliphatic carbocycles. The fraction of sp³-hybridized carbons (Fsp3) is 0.500. The van der Waals surface area contributed by atoms with Crippen molar-refractivity contribution in [3.8, 4) is 0 Å². The van der Waals surface area contributed by atoms with E-state index in [-0.39, 0.29) is 0 Å². The Morgan fingerprint density at radius 2 is 2.15 bits per heavy atom. The predicted molar refractivity (Wildman–Crippen MR) is 84.6 cm³/mol. The van der Waals surface area contributed by atoms with Crippen LogP contribution in [0.1, 0.15) is 36.9 Å². The van der Waals surface area contributed by atoms with Crippen LogP contribution in [0.15, 0.2) is 17.6 Å². The molecule has 0 saturated carbocycles. The summed E-state index contributed by atoms with van der Waals surface area (Å²) in [5, 5.41) is 9.74. The second-order valence-corrected chi connectivity index (χ2v) is 5.72. The summed E-state index contributed by atoms with van der Waals surface area (Å²) in [6, 6.07) is 1.96. The van der Waals surface area contributed by atoms with E-state index in [9.17, 15) is 0 Å². The highest BCUT2D eigenvalue weighted by atomic mass is 32.1. The van der Waals surface area contributed by atoms with Crippen LogP contribution in [0.3, 0.4) is 0 Å². The molecule has 1 unspecified atom stereocenters. The number of aromatic nitrogens is 3. The number of nitrogens with one attached hydrogen (secondary N) is 2. The summed E-state index contributed by atoms with van der Waals surface area (Å²) in [7, 11) is 0. The van der Waals surface area contributed by atoms with Crippen molar-refractivity contribution in [3.05, 3.63) is 28.3 Å². The number of anilines is 2. The lowest BCUT2D eigenvalue weighted by Gasteiger charge is -2.12. The maximum absolute atomic E-state index is 4.47. The molecule has 2 rings (SSSR count). The Bertz CT molecular complexity index is 526. The van der Waals surface area contributed by atoms with E-state index in [4.69, 9.17) is 0 Å². The highest BCUT2D eigenvalue weighted by molar-refractivity contribution is 7.09. The molecule has 108 valence electrons. The lowest BCUT2D eigenvalue weighted by Crippen LogP contribution is -2.13. The highest BCUT2D eigenvalue weighted by Gasteiger charge is 2.09. The van der Waals surface area contributed by atoms with Crippen molar-refractivity contribution in [2.45, 2.75) is 33.1 Å². The van der Waals surface area contributed by atoms with E-state index in [0.29, 0.717) is 11.9 Å². The fourth-order valence-corrected chi connectivity index (χ4v) is 2.50. The zero-order chi connectivity index (χ0) is 14.4. The summed E-state index contributed by atoms with van der Waals surface area (Å²) in [6.45, 7) is 7.97. The van der Waals surface area contributed by atoms with Crippen LogP contribution < -0.4 is 10.6 Å². The molecule has 2 heterocycles. The largest absolute Gasteiger partial charge is 0.369 e. The van der Waals surface area contributed by atoms with Gasteiger partial charge in [0, 0.05) is 42.3 Å². The van der Waals surface area contributed by atoms with Gasteiger partial charge in [0.15, 0.2) is 0 Å². The molecule has 0 bridgehead atoms. The number of hydrogen-bond donors (Lipinski definition) is 2. The quantitative estimate of drug-likeness (QED) is 0.819. The van der Waals surface area contributed by atoms with Gasteiger partial charge in [-0.05, 0) is 13.3 Å². The molecule has 6 heteroatoms. The monoisotopic (exact) mass is 291 g/mol. The standard InChI is InChI=1S/C14H21N5S/c1-4-5-16-14-18-11(3)8-12(19-14)17-9-10(2)13-15-6-7-20-13/h6-8,10H,4-5,9H2,1-3H3,(H2,16,17,18,19). The topological polar surface area (TPSA) is 62.7 Å². The van der Waals surface area contributed by atoms with E-state index in [0.717, 1.165) is 36.0 Å². The van der Waals surface area contributed by atoms with Gasteiger partial charge >= 0.3 is 0 Å². The van der Waals surface area contributed by atoms with Crippen molar-refractivity contribution >= 4 is 23.1 Å². The lowest BCUT2D eigenvalue weighted by molar-refractivity contribution is 0.791. The molecule has 1 atom stereocenters. The lowest BCUT2D eigenvalue weighted by atomic mass is 10.2. The number of rotatable bonds is 7. The zero-order valence-corrected chi connectivity index (χ0v) is 13.0. The van der Waals surface area contributed by atoms with Crippen molar-refractivity contribution in [2.24, 2.45) is 0 Å². The molecule has 0 aromatic carbocycles. The van der Waals surface area contributed by atoms with Crippen molar-refractivity contribution in [1.82, 2.24) is 15.0 Å². The second kappa shape index (κ2) is 7.19. The van der Waals surface area contributed by atoms with Crippen molar-refractivity contribution in [1.29, 1.82) is 0 Å². The third-order valence-electron chi connectivity index (χ3n) is 2.85. The van der Waals surface area contributed by atoms with Crippen LogP contribution >= 0.6 is 11.3 Å². The molecule has 0 spiro atoms. The fourth-order valence-electron chi connectivity index (χ4n) is 1.80. The summed E-state index contributed by atoms with van der Waals surface area (Å²) in [5.74, 6) is 1.92. The highest BCUT2D eigenvalue weighted by Crippen LogP contribution is 2.18. The first-order valence-corrected chi connectivity index (χ1v) is 7.79. The third kappa shape index (κ3) is 4.16. The molecule has 0 aliphatic heterocycles. The van der Waals surface area contributed by atoms with Crippen LogP contribution in [0.25, 0.3) is 0 Å². The second-order valence-electron chi connectivity index (χ2n) is 4.80. The molecule has 2 aromatic heterocycles. The Kier molecular flexibility index (Phi) is 5.29. The molecule has 0 aliphatic rings. The zero-order valence-electron chi connectivity index (χ0n) is 12.2. The van der Waals surface area contributed by atoms with E-state index in [2.05, 4.69) is 39.4 Å². The van der Waals surface area contributed by atoms with Gasteiger partial charge in [0.05, 0.1) is 5.01 Å². The molecule has 2 aromatic rings. The summed E-state index contributed by atoms with van der Waals surface area (Å²) in [4.78, 5) is 13.2. The minimum absolute atomic E-state index is 0.373. The van der Waals surface area contributed by atoms with Gasteiger partial charge in [-0.25, -0.2) is 9.97 Å². The first-order valence-electron chi connectivity index (χ1n) is 6.92. The molecule has 20 heavy (non-hydrogen) atoms. The molecule has 0 amide bonds. The number of thiazole rings is 1. The predicted octanol–water partition coefficient (Wildman–Crippen LogP) is 3.28. The maximum Gasteiger partial charge on any atom is 0.224 e. The SMILES string of the molecule is CCCNc1nc(C)cc(NCC(C)c2nccs2)n1. The first kappa shape index (κ1) is 14.7. The van der Waals surface area contributed by atoms with Gasteiger partial charge < -0.3 is 10.6 Å². The van der Waals surface area contributed by atoms with Crippen LogP contribution in [0.4, 0.5) is 11.8 Å². The van der Waals surface area contributed by atoms with Gasteiger partial charge in [0.25, 0.3) is 0 Å². The van der Waals surface area contributed by atoms with Gasteiger partial charge in [0.1, 0.15) is 5.82 Å².